The highest BCUT2D eigenvalue weighted by Gasteiger charge is 2.25. The first-order chi connectivity index (χ1) is 5.34. The third-order valence-electron chi connectivity index (χ3n) is 2.59. The van der Waals surface area contributed by atoms with Crippen LogP contribution in [0.25, 0.3) is 0 Å². The minimum Gasteiger partial charge on any atom is -0.377 e. The Labute approximate surface area is 68.3 Å². The third kappa shape index (κ3) is 2.17. The van der Waals surface area contributed by atoms with Gasteiger partial charge in [0.25, 0.3) is 0 Å². The number of ether oxygens (including phenoxy) is 1. The maximum absolute atomic E-state index is 5.46. The normalized spacial score (nSPS) is 37.9. The van der Waals surface area contributed by atoms with Crippen LogP contribution < -0.4 is 5.32 Å². The molecule has 0 bridgehead atoms. The molecule has 11 heavy (non-hydrogen) atoms. The molecule has 0 aromatic rings. The number of rotatable bonds is 3. The van der Waals surface area contributed by atoms with Gasteiger partial charge < -0.3 is 10.1 Å². The third-order valence-corrected chi connectivity index (χ3v) is 2.59. The summed E-state index contributed by atoms with van der Waals surface area (Å²) in [5.41, 5.74) is 0. The van der Waals surface area contributed by atoms with Gasteiger partial charge in [-0.05, 0) is 38.6 Å². The molecule has 2 aliphatic rings. The number of nitrogens with one attached hydrogen (secondary N) is 1. The summed E-state index contributed by atoms with van der Waals surface area (Å²) in [5, 5.41) is 3.55. The summed E-state index contributed by atoms with van der Waals surface area (Å²) < 4.78 is 5.46. The van der Waals surface area contributed by atoms with Crippen LogP contribution in [0.4, 0.5) is 0 Å². The molecule has 1 aliphatic carbocycles. The van der Waals surface area contributed by atoms with Crippen molar-refractivity contribution in [3.8, 4) is 0 Å². The van der Waals surface area contributed by atoms with E-state index in [0.29, 0.717) is 12.1 Å². The van der Waals surface area contributed by atoms with Gasteiger partial charge in [-0.2, -0.15) is 0 Å². The summed E-state index contributed by atoms with van der Waals surface area (Å²) >= 11 is 0. The SMILES string of the molecule is CC1CC(NCC2CC2)CO1. The predicted molar refractivity (Wildman–Crippen MR) is 44.5 cm³/mol. The molecule has 1 N–H and O–H groups in total. The van der Waals surface area contributed by atoms with Gasteiger partial charge in [-0.25, -0.2) is 0 Å². The molecule has 2 rings (SSSR count). The summed E-state index contributed by atoms with van der Waals surface area (Å²) in [7, 11) is 0. The lowest BCUT2D eigenvalue weighted by molar-refractivity contribution is 0.122. The second-order valence-electron chi connectivity index (χ2n) is 3.93. The molecule has 0 aromatic heterocycles. The minimum absolute atomic E-state index is 0.478. The Morgan fingerprint density at radius 1 is 1.45 bits per heavy atom. The van der Waals surface area contributed by atoms with Crippen molar-refractivity contribution < 1.29 is 4.74 Å². The molecule has 2 atom stereocenters. The summed E-state index contributed by atoms with van der Waals surface area (Å²) in [6.45, 7) is 4.30. The molecule has 0 aromatic carbocycles. The van der Waals surface area contributed by atoms with Crippen molar-refractivity contribution in [3.63, 3.8) is 0 Å². The Morgan fingerprint density at radius 3 is 2.82 bits per heavy atom. The van der Waals surface area contributed by atoms with Crippen LogP contribution in [0.5, 0.6) is 0 Å². The monoisotopic (exact) mass is 155 g/mol. The first-order valence-electron chi connectivity index (χ1n) is 4.69. The fourth-order valence-corrected chi connectivity index (χ4v) is 1.61. The van der Waals surface area contributed by atoms with E-state index in [1.807, 2.05) is 0 Å². The zero-order valence-electron chi connectivity index (χ0n) is 7.18. The topological polar surface area (TPSA) is 21.3 Å². The van der Waals surface area contributed by atoms with Crippen LogP contribution in [0.2, 0.25) is 0 Å². The van der Waals surface area contributed by atoms with Crippen LogP contribution in [0.3, 0.4) is 0 Å². The van der Waals surface area contributed by atoms with E-state index in [9.17, 15) is 0 Å². The molecule has 2 unspecified atom stereocenters. The first-order valence-corrected chi connectivity index (χ1v) is 4.69. The fraction of sp³-hybridized carbons (Fsp3) is 1.00. The molecule has 2 heteroatoms. The van der Waals surface area contributed by atoms with Crippen LogP contribution in [-0.2, 0) is 4.74 Å². The Hall–Kier alpha value is -0.0800. The Balaban J connectivity index is 1.62. The van der Waals surface area contributed by atoms with E-state index in [2.05, 4.69) is 12.2 Å². The lowest BCUT2D eigenvalue weighted by Crippen LogP contribution is -2.31. The minimum atomic E-state index is 0.478. The van der Waals surface area contributed by atoms with Crippen molar-refractivity contribution in [2.24, 2.45) is 5.92 Å². The van der Waals surface area contributed by atoms with Gasteiger partial charge in [-0.3, -0.25) is 0 Å². The summed E-state index contributed by atoms with van der Waals surface area (Å²) in [6, 6.07) is 0.644. The van der Waals surface area contributed by atoms with Crippen LogP contribution in [0, 0.1) is 5.92 Å². The molecule has 0 radical (unpaired) electrons. The quantitative estimate of drug-likeness (QED) is 0.660. The van der Waals surface area contributed by atoms with E-state index >= 15 is 0 Å². The molecule has 1 saturated heterocycles. The lowest BCUT2D eigenvalue weighted by Gasteiger charge is -2.08. The highest BCUT2D eigenvalue weighted by atomic mass is 16.5. The number of hydrogen-bond acceptors (Lipinski definition) is 2. The van der Waals surface area contributed by atoms with E-state index in [4.69, 9.17) is 4.74 Å². The van der Waals surface area contributed by atoms with E-state index in [0.717, 1.165) is 12.5 Å². The molecule has 1 saturated carbocycles. The van der Waals surface area contributed by atoms with Gasteiger partial charge in [0, 0.05) is 6.04 Å². The maximum atomic E-state index is 5.46. The van der Waals surface area contributed by atoms with Crippen molar-refractivity contribution in [1.82, 2.24) is 5.32 Å². The molecule has 0 amide bonds. The van der Waals surface area contributed by atoms with Crippen LogP contribution >= 0.6 is 0 Å². The second kappa shape index (κ2) is 3.11. The lowest BCUT2D eigenvalue weighted by atomic mass is 10.2. The average molecular weight is 155 g/mol. The summed E-state index contributed by atoms with van der Waals surface area (Å²) in [5.74, 6) is 0.992. The molecule has 0 spiro atoms. The summed E-state index contributed by atoms with van der Waals surface area (Å²) in [4.78, 5) is 0. The smallest absolute Gasteiger partial charge is 0.0624 e. The standard InChI is InChI=1S/C9H17NO/c1-7-4-9(6-11-7)10-5-8-2-3-8/h7-10H,2-6H2,1H3. The fourth-order valence-electron chi connectivity index (χ4n) is 1.61. The molecule has 2 nitrogen and oxygen atoms in total. The molecule has 64 valence electrons. The molecular formula is C9H17NO. The molecule has 1 aliphatic heterocycles. The van der Waals surface area contributed by atoms with Crippen LogP contribution in [0.1, 0.15) is 26.2 Å². The summed E-state index contributed by atoms with van der Waals surface area (Å²) in [6.07, 6.45) is 4.56. The molecule has 1 heterocycles. The maximum Gasteiger partial charge on any atom is 0.0624 e. The average Bonchev–Trinajstić information content (AvgIpc) is 2.72. The Kier molecular flexibility index (Phi) is 2.14. The second-order valence-corrected chi connectivity index (χ2v) is 3.93. The van der Waals surface area contributed by atoms with Gasteiger partial charge >= 0.3 is 0 Å². The van der Waals surface area contributed by atoms with Gasteiger partial charge in [0.15, 0.2) is 0 Å². The molecular weight excluding hydrogens is 138 g/mol. The van der Waals surface area contributed by atoms with E-state index in [1.165, 1.54) is 25.8 Å². The van der Waals surface area contributed by atoms with Gasteiger partial charge in [0.05, 0.1) is 12.7 Å². The van der Waals surface area contributed by atoms with Gasteiger partial charge in [0.2, 0.25) is 0 Å². The Bertz CT molecular complexity index is 134. The van der Waals surface area contributed by atoms with E-state index in [1.54, 1.807) is 0 Å². The number of hydrogen-bond donors (Lipinski definition) is 1. The van der Waals surface area contributed by atoms with E-state index in [-0.39, 0.29) is 0 Å². The van der Waals surface area contributed by atoms with Crippen molar-refractivity contribution in [1.29, 1.82) is 0 Å². The van der Waals surface area contributed by atoms with Crippen molar-refractivity contribution in [3.05, 3.63) is 0 Å². The zero-order valence-corrected chi connectivity index (χ0v) is 7.18. The van der Waals surface area contributed by atoms with Crippen molar-refractivity contribution in [2.45, 2.75) is 38.3 Å². The largest absolute Gasteiger partial charge is 0.377 e. The van der Waals surface area contributed by atoms with Crippen LogP contribution in [0.15, 0.2) is 0 Å². The highest BCUT2D eigenvalue weighted by molar-refractivity contribution is 4.81. The first kappa shape index (κ1) is 7.56. The predicted octanol–water partition coefficient (Wildman–Crippen LogP) is 1.16. The Morgan fingerprint density at radius 2 is 2.27 bits per heavy atom. The van der Waals surface area contributed by atoms with Gasteiger partial charge in [-0.15, -0.1) is 0 Å². The highest BCUT2D eigenvalue weighted by Crippen LogP contribution is 2.28. The zero-order chi connectivity index (χ0) is 7.68. The van der Waals surface area contributed by atoms with Crippen molar-refractivity contribution >= 4 is 0 Å². The van der Waals surface area contributed by atoms with Crippen molar-refractivity contribution in [2.75, 3.05) is 13.2 Å². The van der Waals surface area contributed by atoms with E-state index < -0.39 is 0 Å². The molecule has 2 fully saturated rings. The van der Waals surface area contributed by atoms with Crippen LogP contribution in [-0.4, -0.2) is 25.3 Å². The van der Waals surface area contributed by atoms with Gasteiger partial charge in [-0.1, -0.05) is 0 Å². The van der Waals surface area contributed by atoms with Gasteiger partial charge in [0.1, 0.15) is 0 Å².